The Hall–Kier alpha value is -0.770. The fourth-order valence-corrected chi connectivity index (χ4v) is 2.25. The van der Waals surface area contributed by atoms with Gasteiger partial charge in [-0.3, -0.25) is 0 Å². The Morgan fingerprint density at radius 2 is 2.23 bits per heavy atom. The van der Waals surface area contributed by atoms with Gasteiger partial charge >= 0.3 is 0 Å². The summed E-state index contributed by atoms with van der Waals surface area (Å²) in [6, 6.07) is 2.30. The third-order valence-corrected chi connectivity index (χ3v) is 3.81. The molecule has 1 rings (SSSR count). The van der Waals surface area contributed by atoms with Crippen molar-refractivity contribution in [3.05, 3.63) is 11.6 Å². The van der Waals surface area contributed by atoms with Crippen molar-refractivity contribution in [2.45, 2.75) is 40.5 Å². The molecule has 0 fully saturated rings. The Kier molecular flexibility index (Phi) is 2.81. The molecule has 0 aromatic carbocycles. The first kappa shape index (κ1) is 10.3. The molecule has 2 atom stereocenters. The standard InChI is InChI=1S/C12H19N/c1-9-5-6-10(2)12(3,4)11(9)7-8-13/h5,10-11H,6-7H2,1-4H3/t10-,11-/m0/s1. The molecule has 0 N–H and O–H groups in total. The molecule has 0 amide bonds. The predicted molar refractivity (Wildman–Crippen MR) is 55.0 cm³/mol. The molecule has 1 aliphatic rings. The smallest absolute Gasteiger partial charge is 0.0628 e. The Bertz CT molecular complexity index is 255. The van der Waals surface area contributed by atoms with Gasteiger partial charge in [-0.15, -0.1) is 0 Å². The summed E-state index contributed by atoms with van der Waals surface area (Å²) in [5.41, 5.74) is 1.69. The Labute approximate surface area is 81.5 Å². The second-order valence-corrected chi connectivity index (χ2v) is 4.82. The van der Waals surface area contributed by atoms with Gasteiger partial charge in [-0.05, 0) is 30.6 Å². The van der Waals surface area contributed by atoms with Crippen molar-refractivity contribution in [3.8, 4) is 6.07 Å². The summed E-state index contributed by atoms with van der Waals surface area (Å²) in [6.45, 7) is 9.02. The molecule has 0 heterocycles. The van der Waals surface area contributed by atoms with Crippen molar-refractivity contribution in [1.82, 2.24) is 0 Å². The quantitative estimate of drug-likeness (QED) is 0.562. The Balaban J connectivity index is 2.93. The maximum atomic E-state index is 8.78. The van der Waals surface area contributed by atoms with Crippen molar-refractivity contribution in [2.24, 2.45) is 17.3 Å². The van der Waals surface area contributed by atoms with E-state index >= 15 is 0 Å². The summed E-state index contributed by atoms with van der Waals surface area (Å²) in [5, 5.41) is 8.78. The van der Waals surface area contributed by atoms with E-state index in [4.69, 9.17) is 5.26 Å². The summed E-state index contributed by atoms with van der Waals surface area (Å²) in [7, 11) is 0. The highest BCUT2D eigenvalue weighted by atomic mass is 14.4. The van der Waals surface area contributed by atoms with E-state index in [2.05, 4.69) is 39.8 Å². The van der Waals surface area contributed by atoms with Gasteiger partial charge in [0.05, 0.1) is 6.07 Å². The van der Waals surface area contributed by atoms with E-state index in [0.717, 1.165) is 0 Å². The average molecular weight is 177 g/mol. The molecule has 0 unspecified atom stereocenters. The van der Waals surface area contributed by atoms with Crippen molar-refractivity contribution >= 4 is 0 Å². The van der Waals surface area contributed by atoms with Crippen LogP contribution in [-0.2, 0) is 0 Å². The molecular weight excluding hydrogens is 158 g/mol. The third kappa shape index (κ3) is 1.77. The summed E-state index contributed by atoms with van der Waals surface area (Å²) in [4.78, 5) is 0. The fourth-order valence-electron chi connectivity index (χ4n) is 2.25. The molecule has 1 nitrogen and oxygen atoms in total. The van der Waals surface area contributed by atoms with Crippen LogP contribution in [0.4, 0.5) is 0 Å². The van der Waals surface area contributed by atoms with Crippen molar-refractivity contribution in [3.63, 3.8) is 0 Å². The lowest BCUT2D eigenvalue weighted by atomic mass is 9.62. The van der Waals surface area contributed by atoms with Gasteiger partial charge in [-0.2, -0.15) is 5.26 Å². The molecule has 1 heteroatoms. The number of allylic oxidation sites excluding steroid dienone is 2. The predicted octanol–water partition coefficient (Wildman–Crippen LogP) is 3.53. The van der Waals surface area contributed by atoms with Crippen LogP contribution in [0.15, 0.2) is 11.6 Å². The number of hydrogen-bond acceptors (Lipinski definition) is 1. The van der Waals surface area contributed by atoms with Gasteiger partial charge in [0.2, 0.25) is 0 Å². The van der Waals surface area contributed by atoms with Crippen LogP contribution in [0.1, 0.15) is 40.5 Å². The van der Waals surface area contributed by atoms with Gasteiger partial charge in [0.25, 0.3) is 0 Å². The molecule has 0 radical (unpaired) electrons. The minimum Gasteiger partial charge on any atom is -0.198 e. The van der Waals surface area contributed by atoms with Gasteiger partial charge in [0.1, 0.15) is 0 Å². The van der Waals surface area contributed by atoms with E-state index in [-0.39, 0.29) is 5.41 Å². The third-order valence-electron chi connectivity index (χ3n) is 3.81. The van der Waals surface area contributed by atoms with E-state index < -0.39 is 0 Å². The number of nitrogens with zero attached hydrogens (tertiary/aromatic N) is 1. The molecule has 13 heavy (non-hydrogen) atoms. The summed E-state index contributed by atoms with van der Waals surface area (Å²) in [5.74, 6) is 1.15. The molecule has 0 saturated heterocycles. The Morgan fingerprint density at radius 1 is 1.62 bits per heavy atom. The number of rotatable bonds is 1. The van der Waals surface area contributed by atoms with E-state index in [9.17, 15) is 0 Å². The number of nitriles is 1. The first-order chi connectivity index (χ1) is 6.00. The highest BCUT2D eigenvalue weighted by Gasteiger charge is 2.37. The minimum atomic E-state index is 0.286. The molecule has 0 aliphatic heterocycles. The first-order valence-electron chi connectivity index (χ1n) is 5.03. The molecule has 1 aliphatic carbocycles. The van der Waals surface area contributed by atoms with Crippen molar-refractivity contribution in [2.75, 3.05) is 0 Å². The normalized spacial score (nSPS) is 32.1. The minimum absolute atomic E-state index is 0.286. The molecular formula is C12H19N. The zero-order valence-electron chi connectivity index (χ0n) is 9.09. The SMILES string of the molecule is CC1=CC[C@H](C)C(C)(C)[C@H]1CC#N. The maximum absolute atomic E-state index is 8.78. The second-order valence-electron chi connectivity index (χ2n) is 4.82. The summed E-state index contributed by atoms with van der Waals surface area (Å²) in [6.07, 6.45) is 4.14. The van der Waals surface area contributed by atoms with Crippen LogP contribution in [0.25, 0.3) is 0 Å². The van der Waals surface area contributed by atoms with Gasteiger partial charge in [0, 0.05) is 6.42 Å². The second kappa shape index (κ2) is 3.54. The lowest BCUT2D eigenvalue weighted by molar-refractivity contribution is 0.141. The van der Waals surface area contributed by atoms with Crippen molar-refractivity contribution < 1.29 is 0 Å². The van der Waals surface area contributed by atoms with Gasteiger partial charge in [-0.1, -0.05) is 32.4 Å². The molecule has 0 aromatic heterocycles. The van der Waals surface area contributed by atoms with Crippen LogP contribution in [0.2, 0.25) is 0 Å². The topological polar surface area (TPSA) is 23.8 Å². The molecule has 0 aromatic rings. The zero-order valence-corrected chi connectivity index (χ0v) is 9.09. The van der Waals surface area contributed by atoms with Gasteiger partial charge in [0.15, 0.2) is 0 Å². The first-order valence-corrected chi connectivity index (χ1v) is 5.03. The average Bonchev–Trinajstić information content (AvgIpc) is 2.06. The molecule has 72 valence electrons. The van der Waals surface area contributed by atoms with Gasteiger partial charge in [-0.25, -0.2) is 0 Å². The Morgan fingerprint density at radius 3 is 2.77 bits per heavy atom. The van der Waals surface area contributed by atoms with Gasteiger partial charge < -0.3 is 0 Å². The summed E-state index contributed by atoms with van der Waals surface area (Å²) >= 11 is 0. The maximum Gasteiger partial charge on any atom is 0.0628 e. The lowest BCUT2D eigenvalue weighted by Gasteiger charge is -2.42. The van der Waals surface area contributed by atoms with E-state index in [0.29, 0.717) is 18.3 Å². The largest absolute Gasteiger partial charge is 0.198 e. The fraction of sp³-hybridized carbons (Fsp3) is 0.750. The van der Waals surface area contributed by atoms with Crippen LogP contribution in [0.3, 0.4) is 0 Å². The lowest BCUT2D eigenvalue weighted by Crippen LogP contribution is -2.34. The van der Waals surface area contributed by atoms with Crippen LogP contribution in [-0.4, -0.2) is 0 Å². The highest BCUT2D eigenvalue weighted by molar-refractivity contribution is 5.15. The van der Waals surface area contributed by atoms with Crippen LogP contribution >= 0.6 is 0 Å². The van der Waals surface area contributed by atoms with Crippen LogP contribution in [0, 0.1) is 28.6 Å². The zero-order chi connectivity index (χ0) is 10.1. The van der Waals surface area contributed by atoms with Crippen molar-refractivity contribution in [1.29, 1.82) is 5.26 Å². The highest BCUT2D eigenvalue weighted by Crippen LogP contribution is 2.46. The molecule has 0 bridgehead atoms. The van der Waals surface area contributed by atoms with Crippen LogP contribution < -0.4 is 0 Å². The van der Waals surface area contributed by atoms with E-state index in [1.807, 2.05) is 0 Å². The van der Waals surface area contributed by atoms with E-state index in [1.54, 1.807) is 0 Å². The molecule has 0 saturated carbocycles. The van der Waals surface area contributed by atoms with Crippen LogP contribution in [0.5, 0.6) is 0 Å². The summed E-state index contributed by atoms with van der Waals surface area (Å²) < 4.78 is 0. The number of hydrogen-bond donors (Lipinski definition) is 0. The monoisotopic (exact) mass is 177 g/mol. The van der Waals surface area contributed by atoms with E-state index in [1.165, 1.54) is 12.0 Å². The molecule has 0 spiro atoms.